The van der Waals surface area contributed by atoms with Gasteiger partial charge in [-0.2, -0.15) is 18.3 Å². The van der Waals surface area contributed by atoms with Crippen molar-refractivity contribution in [3.05, 3.63) is 11.8 Å². The van der Waals surface area contributed by atoms with Crippen LogP contribution < -0.4 is 5.32 Å². The lowest BCUT2D eigenvalue weighted by atomic mass is 10.2. The van der Waals surface area contributed by atoms with Gasteiger partial charge in [-0.3, -0.25) is 0 Å². The molecule has 0 saturated carbocycles. The Kier molecular flexibility index (Phi) is 1.88. The van der Waals surface area contributed by atoms with E-state index in [-0.39, 0.29) is 10.8 Å². The number of hydrogen-bond acceptors (Lipinski definition) is 4. The Bertz CT molecular complexity index is 381. The molecule has 74 valence electrons. The summed E-state index contributed by atoms with van der Waals surface area (Å²) in [5.74, 6) is -0.0592. The fourth-order valence-corrected chi connectivity index (χ4v) is 1.28. The van der Waals surface area contributed by atoms with Crippen molar-refractivity contribution in [3.8, 4) is 0 Å². The van der Waals surface area contributed by atoms with E-state index in [4.69, 9.17) is 12.2 Å². The van der Waals surface area contributed by atoms with E-state index in [2.05, 4.69) is 20.5 Å². The number of aliphatic imine (C=N–C) groups is 1. The van der Waals surface area contributed by atoms with E-state index in [1.807, 2.05) is 0 Å². The molecule has 1 N–H and O–H groups in total. The third-order valence-electron chi connectivity index (χ3n) is 1.65. The number of amidine groups is 1. The van der Waals surface area contributed by atoms with E-state index < -0.39 is 12.3 Å². The number of halogens is 3. The highest BCUT2D eigenvalue weighted by atomic mass is 32.1. The number of nitrogens with one attached hydrogen (secondary N) is 1. The number of nitrogens with zero attached hydrogens (tertiary/aromatic N) is 3. The molecule has 0 spiro atoms. The average molecular weight is 220 g/mol. The third-order valence-corrected chi connectivity index (χ3v) is 1.99. The third kappa shape index (κ3) is 1.41. The lowest BCUT2D eigenvalue weighted by Crippen LogP contribution is -2.48. The van der Waals surface area contributed by atoms with E-state index in [0.717, 1.165) is 0 Å². The second kappa shape index (κ2) is 2.84. The van der Waals surface area contributed by atoms with Crippen LogP contribution in [0.15, 0.2) is 27.0 Å². The molecule has 0 aliphatic carbocycles. The van der Waals surface area contributed by atoms with E-state index in [1.54, 1.807) is 0 Å². The van der Waals surface area contributed by atoms with Gasteiger partial charge in [0, 0.05) is 0 Å². The lowest BCUT2D eigenvalue weighted by Gasteiger charge is -2.23. The fraction of sp³-hybridized carbons (Fsp3) is 0.333. The molecule has 4 nitrogen and oxygen atoms in total. The van der Waals surface area contributed by atoms with Crippen LogP contribution in [0.3, 0.4) is 0 Å². The Morgan fingerprint density at radius 3 is 2.79 bits per heavy atom. The molecule has 1 unspecified atom stereocenters. The molecular formula is C6H3F3N4S. The minimum atomic E-state index is -4.47. The molecule has 0 aromatic carbocycles. The Hall–Kier alpha value is -1.31. The monoisotopic (exact) mass is 220 g/mol. The molecule has 0 fully saturated rings. The molecule has 14 heavy (non-hydrogen) atoms. The zero-order valence-corrected chi connectivity index (χ0v) is 7.35. The van der Waals surface area contributed by atoms with Crippen molar-refractivity contribution in [2.75, 3.05) is 0 Å². The number of azo groups is 1. The van der Waals surface area contributed by atoms with E-state index in [1.165, 1.54) is 6.20 Å². The summed E-state index contributed by atoms with van der Waals surface area (Å²) < 4.78 is 36.8. The van der Waals surface area contributed by atoms with Crippen molar-refractivity contribution in [2.45, 2.75) is 12.3 Å². The average Bonchev–Trinajstić information content (AvgIpc) is 2.50. The normalized spacial score (nSPS) is 25.4. The first kappa shape index (κ1) is 9.25. The Balaban J connectivity index is 2.36. The van der Waals surface area contributed by atoms with Crippen molar-refractivity contribution in [2.24, 2.45) is 15.2 Å². The van der Waals surface area contributed by atoms with Crippen molar-refractivity contribution >= 4 is 23.0 Å². The second-order valence-electron chi connectivity index (χ2n) is 2.63. The molecule has 0 aromatic rings. The zero-order chi connectivity index (χ0) is 10.3. The van der Waals surface area contributed by atoms with Gasteiger partial charge in [-0.1, -0.05) is 12.2 Å². The number of rotatable bonds is 0. The van der Waals surface area contributed by atoms with E-state index >= 15 is 0 Å². The van der Waals surface area contributed by atoms with E-state index in [0.29, 0.717) is 5.57 Å². The fourth-order valence-electron chi connectivity index (χ4n) is 1.02. The summed E-state index contributed by atoms with van der Waals surface area (Å²) >= 11 is 4.71. The van der Waals surface area contributed by atoms with Gasteiger partial charge in [0.1, 0.15) is 4.99 Å². The molecule has 2 heterocycles. The molecule has 0 radical (unpaired) electrons. The van der Waals surface area contributed by atoms with Crippen molar-refractivity contribution in [1.82, 2.24) is 5.32 Å². The predicted octanol–water partition coefficient (Wildman–Crippen LogP) is 1.55. The summed E-state index contributed by atoms with van der Waals surface area (Å²) in [7, 11) is 0. The molecule has 0 aromatic heterocycles. The summed E-state index contributed by atoms with van der Waals surface area (Å²) in [6.07, 6.45) is -5.21. The minimum Gasteiger partial charge on any atom is -0.347 e. The molecule has 2 aliphatic heterocycles. The van der Waals surface area contributed by atoms with Crippen LogP contribution in [-0.2, 0) is 0 Å². The highest BCUT2D eigenvalue weighted by Gasteiger charge is 2.43. The van der Waals surface area contributed by atoms with Gasteiger partial charge in [0.05, 0.1) is 11.8 Å². The molecule has 2 aliphatic rings. The van der Waals surface area contributed by atoms with Gasteiger partial charge in [0.25, 0.3) is 0 Å². The van der Waals surface area contributed by atoms with Gasteiger partial charge in [0.15, 0.2) is 5.84 Å². The van der Waals surface area contributed by atoms with Gasteiger partial charge in [0.2, 0.25) is 6.17 Å². The maximum absolute atomic E-state index is 12.3. The molecule has 0 amide bonds. The van der Waals surface area contributed by atoms with Crippen LogP contribution in [0.25, 0.3) is 0 Å². The molecule has 1 atom stereocenters. The Labute approximate surface area is 81.6 Å². The van der Waals surface area contributed by atoms with Crippen molar-refractivity contribution in [1.29, 1.82) is 0 Å². The van der Waals surface area contributed by atoms with Crippen molar-refractivity contribution in [3.63, 3.8) is 0 Å². The smallest absolute Gasteiger partial charge is 0.347 e. The molecule has 8 heteroatoms. The topological polar surface area (TPSA) is 49.1 Å². The lowest BCUT2D eigenvalue weighted by molar-refractivity contribution is -0.150. The first-order valence-electron chi connectivity index (χ1n) is 3.55. The van der Waals surface area contributed by atoms with Crippen molar-refractivity contribution < 1.29 is 13.2 Å². The quantitative estimate of drug-likeness (QED) is 0.630. The number of hydrogen-bond donors (Lipinski definition) is 1. The summed E-state index contributed by atoms with van der Waals surface area (Å²) in [5.41, 5.74) is 0.334. The van der Waals surface area contributed by atoms with Gasteiger partial charge in [-0.15, -0.1) is 5.11 Å². The first-order chi connectivity index (χ1) is 6.48. The van der Waals surface area contributed by atoms with Crippen LogP contribution in [0.1, 0.15) is 0 Å². The SMILES string of the molecule is FC(F)(F)C1N=C2N=NC=C2C(=S)N1. The van der Waals surface area contributed by atoms with Crippen LogP contribution in [0.5, 0.6) is 0 Å². The Morgan fingerprint density at radius 2 is 2.14 bits per heavy atom. The number of thiocarbonyl (C=S) groups is 1. The largest absolute Gasteiger partial charge is 0.429 e. The van der Waals surface area contributed by atoms with Crippen LogP contribution in [0.2, 0.25) is 0 Å². The highest BCUT2D eigenvalue weighted by molar-refractivity contribution is 7.80. The summed E-state index contributed by atoms with van der Waals surface area (Å²) in [4.78, 5) is 3.30. The Morgan fingerprint density at radius 1 is 1.43 bits per heavy atom. The van der Waals surface area contributed by atoms with E-state index in [9.17, 15) is 13.2 Å². The van der Waals surface area contributed by atoms with Gasteiger partial charge in [-0.05, 0) is 0 Å². The second-order valence-corrected chi connectivity index (χ2v) is 3.04. The maximum Gasteiger partial charge on any atom is 0.429 e. The van der Waals surface area contributed by atoms with Gasteiger partial charge in [-0.25, -0.2) is 4.99 Å². The number of alkyl halides is 3. The minimum absolute atomic E-state index is 0.0256. The standard InChI is InChI=1S/C6H3F3N4S/c7-6(8,9)5-11-3-2(1-10-13-3)4(14)12-5/h1,5H,(H,12,14). The van der Waals surface area contributed by atoms with Crippen LogP contribution >= 0.6 is 12.2 Å². The number of fused-ring (bicyclic) bond motifs is 1. The van der Waals surface area contributed by atoms with Crippen LogP contribution in [0.4, 0.5) is 13.2 Å². The van der Waals surface area contributed by atoms with Gasteiger partial charge < -0.3 is 5.32 Å². The highest BCUT2D eigenvalue weighted by Crippen LogP contribution is 2.26. The molecule has 0 saturated heterocycles. The summed E-state index contributed by atoms with van der Waals surface area (Å²) in [5, 5.41) is 8.92. The molecule has 2 rings (SSSR count). The van der Waals surface area contributed by atoms with Crippen LogP contribution in [0, 0.1) is 0 Å². The molecule has 0 bridgehead atoms. The zero-order valence-electron chi connectivity index (χ0n) is 6.54. The molecular weight excluding hydrogens is 217 g/mol. The first-order valence-corrected chi connectivity index (χ1v) is 3.96. The maximum atomic E-state index is 12.3. The summed E-state index contributed by atoms with van der Waals surface area (Å²) in [6.45, 7) is 0. The predicted molar refractivity (Wildman–Crippen MR) is 46.0 cm³/mol. The summed E-state index contributed by atoms with van der Waals surface area (Å²) in [6, 6.07) is 0. The van der Waals surface area contributed by atoms with Gasteiger partial charge >= 0.3 is 6.18 Å². The van der Waals surface area contributed by atoms with Crippen LogP contribution in [-0.4, -0.2) is 23.2 Å².